The van der Waals surface area contributed by atoms with Gasteiger partial charge in [0.2, 0.25) is 5.91 Å². The third-order valence-electron chi connectivity index (χ3n) is 2.44. The summed E-state index contributed by atoms with van der Waals surface area (Å²) in [7, 11) is 5.21. The Morgan fingerprint density at radius 3 is 2.94 bits per heavy atom. The smallest absolute Gasteiger partial charge is 0.241 e. The molecule has 0 aromatic carbocycles. The lowest BCUT2D eigenvalue weighted by Crippen LogP contribution is -2.25. The number of nitrogens with one attached hydrogen (secondary N) is 1. The monoisotopic (exact) mass is 239 g/mol. The molecule has 0 atom stereocenters. The van der Waals surface area contributed by atoms with Crippen LogP contribution in [0.5, 0.6) is 0 Å². The van der Waals surface area contributed by atoms with Crippen molar-refractivity contribution in [3.8, 4) is 0 Å². The molecule has 0 spiro atoms. The summed E-state index contributed by atoms with van der Waals surface area (Å²) in [5.74, 6) is 0.0968. The first-order valence-corrected chi connectivity index (χ1v) is 5.68. The molecule has 0 saturated heterocycles. The van der Waals surface area contributed by atoms with E-state index < -0.39 is 0 Å². The number of nitrogens with zero attached hydrogens (tertiary/aromatic N) is 2. The fraction of sp³-hybridized carbons (Fsp3) is 0.583. The molecule has 0 aliphatic rings. The van der Waals surface area contributed by atoms with Crippen molar-refractivity contribution in [2.45, 2.75) is 13.1 Å². The molecular weight excluding hydrogens is 218 g/mol. The molecule has 1 rings (SSSR count). The van der Waals surface area contributed by atoms with Crippen molar-refractivity contribution in [3.63, 3.8) is 0 Å². The van der Waals surface area contributed by atoms with Gasteiger partial charge >= 0.3 is 0 Å². The second kappa shape index (κ2) is 7.09. The van der Waals surface area contributed by atoms with E-state index in [-0.39, 0.29) is 5.91 Å². The minimum atomic E-state index is 0.0968. The van der Waals surface area contributed by atoms with E-state index in [2.05, 4.69) is 5.32 Å². The van der Waals surface area contributed by atoms with Gasteiger partial charge in [0.25, 0.3) is 0 Å². The largest absolute Gasteiger partial charge is 0.383 e. The molecule has 0 unspecified atom stereocenters. The van der Waals surface area contributed by atoms with Crippen molar-refractivity contribution in [2.75, 3.05) is 34.4 Å². The molecular formula is C12H21N3O2. The van der Waals surface area contributed by atoms with Gasteiger partial charge < -0.3 is 19.5 Å². The molecule has 1 aromatic heterocycles. The molecule has 5 nitrogen and oxygen atoms in total. The number of carbonyl (C=O) groups excluding carboxylic acids is 1. The average Bonchev–Trinajstić information content (AvgIpc) is 2.72. The summed E-state index contributed by atoms with van der Waals surface area (Å²) in [5, 5.41) is 3.26. The van der Waals surface area contributed by atoms with Crippen molar-refractivity contribution >= 4 is 5.91 Å². The molecule has 1 N–H and O–H groups in total. The predicted octanol–water partition coefficient (Wildman–Crippen LogP) is 0.312. The number of rotatable bonds is 7. The van der Waals surface area contributed by atoms with E-state index >= 15 is 0 Å². The first-order valence-electron chi connectivity index (χ1n) is 5.68. The maximum Gasteiger partial charge on any atom is 0.241 e. The SMILES string of the molecule is COCCNCc1ccn(CC(=O)N(C)C)c1. The highest BCUT2D eigenvalue weighted by atomic mass is 16.5. The molecule has 1 heterocycles. The maximum atomic E-state index is 11.5. The number of methoxy groups -OCH3 is 1. The van der Waals surface area contributed by atoms with Gasteiger partial charge in [-0.3, -0.25) is 4.79 Å². The number of carbonyl (C=O) groups is 1. The normalized spacial score (nSPS) is 10.5. The number of ether oxygens (including phenoxy) is 1. The Kier molecular flexibility index (Phi) is 5.72. The quantitative estimate of drug-likeness (QED) is 0.697. The Balaban J connectivity index is 2.35. The van der Waals surface area contributed by atoms with Crippen molar-refractivity contribution < 1.29 is 9.53 Å². The van der Waals surface area contributed by atoms with Gasteiger partial charge in [0, 0.05) is 46.7 Å². The molecule has 5 heteroatoms. The van der Waals surface area contributed by atoms with E-state index in [0.717, 1.165) is 13.1 Å². The van der Waals surface area contributed by atoms with Crippen molar-refractivity contribution in [1.29, 1.82) is 0 Å². The van der Waals surface area contributed by atoms with E-state index in [4.69, 9.17) is 4.74 Å². The zero-order valence-electron chi connectivity index (χ0n) is 10.8. The van der Waals surface area contributed by atoms with Gasteiger partial charge in [-0.05, 0) is 11.6 Å². The highest BCUT2D eigenvalue weighted by Gasteiger charge is 2.05. The van der Waals surface area contributed by atoms with E-state index in [0.29, 0.717) is 13.2 Å². The lowest BCUT2D eigenvalue weighted by atomic mass is 10.3. The fourth-order valence-electron chi connectivity index (χ4n) is 1.40. The van der Waals surface area contributed by atoms with E-state index in [9.17, 15) is 4.79 Å². The van der Waals surface area contributed by atoms with Crippen LogP contribution < -0.4 is 5.32 Å². The topological polar surface area (TPSA) is 46.5 Å². The lowest BCUT2D eigenvalue weighted by Gasteiger charge is -2.10. The summed E-state index contributed by atoms with van der Waals surface area (Å²) in [4.78, 5) is 13.1. The molecule has 0 aliphatic heterocycles. The van der Waals surface area contributed by atoms with Gasteiger partial charge in [-0.15, -0.1) is 0 Å². The van der Waals surface area contributed by atoms with Crippen LogP contribution >= 0.6 is 0 Å². The third-order valence-corrected chi connectivity index (χ3v) is 2.44. The van der Waals surface area contributed by atoms with Crippen LogP contribution in [0.15, 0.2) is 18.5 Å². The van der Waals surface area contributed by atoms with Gasteiger partial charge in [0.1, 0.15) is 6.54 Å². The summed E-state index contributed by atoms with van der Waals surface area (Å²) >= 11 is 0. The second-order valence-corrected chi connectivity index (χ2v) is 4.15. The summed E-state index contributed by atoms with van der Waals surface area (Å²) in [6.45, 7) is 2.73. The zero-order valence-corrected chi connectivity index (χ0v) is 10.8. The number of likely N-dealkylation sites (N-methyl/N-ethyl adjacent to an activating group) is 1. The van der Waals surface area contributed by atoms with Crippen molar-refractivity contribution in [1.82, 2.24) is 14.8 Å². The van der Waals surface area contributed by atoms with Crippen LogP contribution in [-0.4, -0.2) is 49.7 Å². The molecule has 17 heavy (non-hydrogen) atoms. The van der Waals surface area contributed by atoms with E-state index in [1.165, 1.54) is 5.56 Å². The van der Waals surface area contributed by atoms with Crippen molar-refractivity contribution in [2.24, 2.45) is 0 Å². The Labute approximate surface area is 102 Å². The van der Waals surface area contributed by atoms with Crippen LogP contribution in [0.1, 0.15) is 5.56 Å². The Morgan fingerprint density at radius 2 is 2.29 bits per heavy atom. The summed E-state index contributed by atoms with van der Waals surface area (Å²) in [6.07, 6.45) is 3.91. The van der Waals surface area contributed by atoms with Gasteiger partial charge in [-0.25, -0.2) is 0 Å². The Bertz CT molecular complexity index is 347. The van der Waals surface area contributed by atoms with Crippen LogP contribution in [0.4, 0.5) is 0 Å². The molecule has 0 bridgehead atoms. The van der Waals surface area contributed by atoms with Crippen LogP contribution in [0.25, 0.3) is 0 Å². The number of aromatic nitrogens is 1. The predicted molar refractivity (Wildman–Crippen MR) is 66.7 cm³/mol. The number of amides is 1. The average molecular weight is 239 g/mol. The minimum absolute atomic E-state index is 0.0968. The van der Waals surface area contributed by atoms with Crippen molar-refractivity contribution in [3.05, 3.63) is 24.0 Å². The molecule has 0 radical (unpaired) electrons. The minimum Gasteiger partial charge on any atom is -0.383 e. The van der Waals surface area contributed by atoms with E-state index in [1.54, 1.807) is 26.1 Å². The highest BCUT2D eigenvalue weighted by molar-refractivity contribution is 5.75. The Hall–Kier alpha value is -1.33. The summed E-state index contributed by atoms with van der Waals surface area (Å²) < 4.78 is 6.84. The lowest BCUT2D eigenvalue weighted by molar-refractivity contribution is -0.129. The molecule has 1 aromatic rings. The number of hydrogen-bond acceptors (Lipinski definition) is 3. The highest BCUT2D eigenvalue weighted by Crippen LogP contribution is 2.01. The first kappa shape index (κ1) is 13.7. The first-order chi connectivity index (χ1) is 8.13. The van der Waals surface area contributed by atoms with Gasteiger partial charge in [0.05, 0.1) is 6.61 Å². The van der Waals surface area contributed by atoms with E-state index in [1.807, 2.05) is 23.0 Å². The van der Waals surface area contributed by atoms with Crippen LogP contribution in [0.2, 0.25) is 0 Å². The van der Waals surface area contributed by atoms with Crippen LogP contribution in [-0.2, 0) is 22.6 Å². The third kappa shape index (κ3) is 5.01. The second-order valence-electron chi connectivity index (χ2n) is 4.15. The molecule has 0 aliphatic carbocycles. The molecule has 0 saturated carbocycles. The molecule has 1 amide bonds. The standard InChI is InChI=1S/C12H21N3O2/c1-14(2)12(16)10-15-6-4-11(9-15)8-13-5-7-17-3/h4,6,9,13H,5,7-8,10H2,1-3H3. The Morgan fingerprint density at radius 1 is 1.53 bits per heavy atom. The summed E-state index contributed by atoms with van der Waals surface area (Å²) in [6, 6.07) is 2.02. The fourth-order valence-corrected chi connectivity index (χ4v) is 1.40. The van der Waals surface area contributed by atoms with Crippen LogP contribution in [0, 0.1) is 0 Å². The van der Waals surface area contributed by atoms with Gasteiger partial charge in [0.15, 0.2) is 0 Å². The van der Waals surface area contributed by atoms with Gasteiger partial charge in [-0.2, -0.15) is 0 Å². The molecule has 96 valence electrons. The van der Waals surface area contributed by atoms with Crippen LogP contribution in [0.3, 0.4) is 0 Å². The van der Waals surface area contributed by atoms with Gasteiger partial charge in [-0.1, -0.05) is 0 Å². The number of hydrogen-bond donors (Lipinski definition) is 1. The maximum absolute atomic E-state index is 11.5. The zero-order chi connectivity index (χ0) is 12.7. The summed E-state index contributed by atoms with van der Waals surface area (Å²) in [5.41, 5.74) is 1.17. The molecule has 0 fully saturated rings.